The summed E-state index contributed by atoms with van der Waals surface area (Å²) >= 11 is 17.6. The Kier molecular flexibility index (Phi) is 6.47. The van der Waals surface area contributed by atoms with Gasteiger partial charge in [-0.3, -0.25) is 10.1 Å². The molecule has 25 heavy (non-hydrogen) atoms. The van der Waals surface area contributed by atoms with Crippen LogP contribution in [0.1, 0.15) is 17.2 Å². The van der Waals surface area contributed by atoms with Gasteiger partial charge in [-0.25, -0.2) is 4.79 Å². The van der Waals surface area contributed by atoms with E-state index in [1.807, 2.05) is 6.07 Å². The monoisotopic (exact) mass is 402 g/mol. The highest BCUT2D eigenvalue weighted by atomic mass is 35.5. The predicted octanol–water partition coefficient (Wildman–Crippen LogP) is 4.72. The Morgan fingerprint density at radius 2 is 1.88 bits per heavy atom. The molecular formula is C16H13Cl3N2O4. The molecule has 2 aromatic rings. The Balaban J connectivity index is 2.15. The first-order chi connectivity index (χ1) is 11.8. The molecule has 1 amide bonds. The highest BCUT2D eigenvalue weighted by molar-refractivity contribution is 6.47. The van der Waals surface area contributed by atoms with E-state index >= 15 is 0 Å². The SMILES string of the molecule is O=C(NC(c1cccc(Cl)c1)C(Cl)(Cl)[N+](=O)[O-])OCc1ccccc1. The minimum atomic E-state index is -2.50. The van der Waals surface area contributed by atoms with Gasteiger partial charge in [0, 0.05) is 5.02 Å². The van der Waals surface area contributed by atoms with E-state index in [2.05, 4.69) is 5.32 Å². The van der Waals surface area contributed by atoms with Crippen molar-refractivity contribution in [1.82, 2.24) is 5.32 Å². The quantitative estimate of drug-likeness (QED) is 0.327. The van der Waals surface area contributed by atoms with E-state index < -0.39 is 21.5 Å². The number of nitrogens with zero attached hydrogens (tertiary/aromatic N) is 1. The van der Waals surface area contributed by atoms with Gasteiger partial charge in [0.15, 0.2) is 6.04 Å². The number of alkyl carbamates (subject to hydrolysis) is 1. The van der Waals surface area contributed by atoms with Crippen LogP contribution >= 0.6 is 34.8 Å². The van der Waals surface area contributed by atoms with Crippen molar-refractivity contribution in [2.24, 2.45) is 0 Å². The second-order valence-electron chi connectivity index (χ2n) is 5.04. The third-order valence-corrected chi connectivity index (χ3v) is 4.20. The number of rotatable bonds is 6. The lowest BCUT2D eigenvalue weighted by Crippen LogP contribution is -2.44. The Bertz CT molecular complexity index is 756. The van der Waals surface area contributed by atoms with Crippen LogP contribution in [0.5, 0.6) is 0 Å². The number of hydrogen-bond donors (Lipinski definition) is 1. The number of nitrogens with one attached hydrogen (secondary N) is 1. The molecule has 2 aromatic carbocycles. The van der Waals surface area contributed by atoms with E-state index in [1.54, 1.807) is 36.4 Å². The molecule has 1 unspecified atom stereocenters. The van der Waals surface area contributed by atoms with Crippen molar-refractivity contribution >= 4 is 40.9 Å². The predicted molar refractivity (Wildman–Crippen MR) is 95.4 cm³/mol. The van der Waals surface area contributed by atoms with Gasteiger partial charge in [-0.15, -0.1) is 0 Å². The van der Waals surface area contributed by atoms with E-state index in [-0.39, 0.29) is 12.2 Å². The normalized spacial score (nSPS) is 12.3. The highest BCUT2D eigenvalue weighted by Crippen LogP contribution is 2.37. The first-order valence-electron chi connectivity index (χ1n) is 7.05. The lowest BCUT2D eigenvalue weighted by atomic mass is 10.1. The zero-order valence-corrected chi connectivity index (χ0v) is 15.0. The number of hydrogen-bond acceptors (Lipinski definition) is 4. The molecule has 0 heterocycles. The van der Waals surface area contributed by atoms with Crippen LogP contribution < -0.4 is 5.32 Å². The smallest absolute Gasteiger partial charge is 0.408 e. The number of ether oxygens (including phenoxy) is 1. The van der Waals surface area contributed by atoms with E-state index in [0.29, 0.717) is 5.02 Å². The van der Waals surface area contributed by atoms with Crippen LogP contribution in [0.4, 0.5) is 4.79 Å². The van der Waals surface area contributed by atoms with Gasteiger partial charge < -0.3 is 10.1 Å². The van der Waals surface area contributed by atoms with Gasteiger partial charge in [-0.2, -0.15) is 0 Å². The fourth-order valence-electron chi connectivity index (χ4n) is 2.04. The Labute approximate surface area is 158 Å². The fraction of sp³-hybridized carbons (Fsp3) is 0.188. The summed E-state index contributed by atoms with van der Waals surface area (Å²) in [6.07, 6.45) is -0.902. The molecule has 0 radical (unpaired) electrons. The summed E-state index contributed by atoms with van der Waals surface area (Å²) in [5, 5.41) is 13.8. The molecule has 0 fully saturated rings. The van der Waals surface area contributed by atoms with Gasteiger partial charge in [0.2, 0.25) is 0 Å². The summed E-state index contributed by atoms with van der Waals surface area (Å²) in [4.78, 5) is 22.3. The van der Waals surface area contributed by atoms with Crippen LogP contribution in [-0.4, -0.2) is 15.5 Å². The van der Waals surface area contributed by atoms with E-state index in [4.69, 9.17) is 39.5 Å². The first-order valence-corrected chi connectivity index (χ1v) is 8.19. The maximum absolute atomic E-state index is 12.0. The van der Waals surface area contributed by atoms with Gasteiger partial charge in [0.05, 0.1) is 4.92 Å². The maximum Gasteiger partial charge on any atom is 0.408 e. The molecule has 0 aliphatic carbocycles. The Morgan fingerprint density at radius 3 is 2.48 bits per heavy atom. The summed E-state index contributed by atoms with van der Waals surface area (Å²) < 4.78 is 2.56. The van der Waals surface area contributed by atoms with Crippen LogP contribution in [0.15, 0.2) is 54.6 Å². The average Bonchev–Trinajstić information content (AvgIpc) is 2.58. The zero-order chi connectivity index (χ0) is 18.4. The lowest BCUT2D eigenvalue weighted by molar-refractivity contribution is -0.521. The van der Waals surface area contributed by atoms with Crippen molar-refractivity contribution in [2.75, 3.05) is 0 Å². The van der Waals surface area contributed by atoms with Gasteiger partial charge in [-0.1, -0.05) is 54.1 Å². The minimum Gasteiger partial charge on any atom is -0.445 e. The lowest BCUT2D eigenvalue weighted by Gasteiger charge is -2.24. The summed E-state index contributed by atoms with van der Waals surface area (Å²) in [6.45, 7) is -0.00895. The zero-order valence-electron chi connectivity index (χ0n) is 12.7. The molecule has 1 atom stereocenters. The van der Waals surface area contributed by atoms with Crippen LogP contribution in [-0.2, 0) is 11.3 Å². The number of halogens is 3. The first kappa shape index (κ1) is 19.3. The van der Waals surface area contributed by atoms with E-state index in [9.17, 15) is 14.9 Å². The molecule has 0 bridgehead atoms. The van der Waals surface area contributed by atoms with Crippen molar-refractivity contribution in [3.05, 3.63) is 80.9 Å². The number of amides is 1. The van der Waals surface area contributed by atoms with E-state index in [1.165, 1.54) is 12.1 Å². The molecule has 2 rings (SSSR count). The average molecular weight is 404 g/mol. The Morgan fingerprint density at radius 1 is 1.20 bits per heavy atom. The van der Waals surface area contributed by atoms with Crippen molar-refractivity contribution in [1.29, 1.82) is 0 Å². The van der Waals surface area contributed by atoms with Crippen LogP contribution in [0.3, 0.4) is 0 Å². The summed E-state index contributed by atoms with van der Waals surface area (Å²) in [5.74, 6) is 0. The van der Waals surface area contributed by atoms with Gasteiger partial charge in [0.25, 0.3) is 0 Å². The topological polar surface area (TPSA) is 81.5 Å². The minimum absolute atomic E-state index is 0.00895. The second kappa shape index (κ2) is 8.38. The van der Waals surface area contributed by atoms with Crippen molar-refractivity contribution in [2.45, 2.75) is 17.1 Å². The Hall–Kier alpha value is -2.02. The molecule has 0 saturated carbocycles. The molecule has 0 aliphatic heterocycles. The summed E-state index contributed by atoms with van der Waals surface area (Å²) in [7, 11) is 0. The third-order valence-electron chi connectivity index (χ3n) is 3.25. The summed E-state index contributed by atoms with van der Waals surface area (Å²) in [5.41, 5.74) is 1.03. The van der Waals surface area contributed by atoms with Crippen molar-refractivity contribution in [3.8, 4) is 0 Å². The summed E-state index contributed by atoms with van der Waals surface area (Å²) in [6, 6.07) is 13.7. The van der Waals surface area contributed by atoms with Gasteiger partial charge >= 0.3 is 10.6 Å². The maximum atomic E-state index is 12.0. The van der Waals surface area contributed by atoms with Crippen LogP contribution in [0, 0.1) is 10.1 Å². The molecule has 0 aliphatic rings. The highest BCUT2D eigenvalue weighted by Gasteiger charge is 2.49. The number of alkyl halides is 2. The van der Waals surface area contributed by atoms with E-state index in [0.717, 1.165) is 5.56 Å². The van der Waals surface area contributed by atoms with Crippen LogP contribution in [0.25, 0.3) is 0 Å². The number of benzene rings is 2. The van der Waals surface area contributed by atoms with Crippen molar-refractivity contribution in [3.63, 3.8) is 0 Å². The number of carbonyl (C=O) groups is 1. The standard InChI is InChI=1S/C16H13Cl3N2O4/c17-13-8-4-7-12(9-13)14(16(18,19)21(23)24)20-15(22)25-10-11-5-2-1-3-6-11/h1-9,14H,10H2,(H,20,22). The largest absolute Gasteiger partial charge is 0.445 e. The number of carbonyl (C=O) groups excluding carboxylic acids is 1. The van der Waals surface area contributed by atoms with Crippen LogP contribution in [0.2, 0.25) is 5.02 Å². The molecular weight excluding hydrogens is 391 g/mol. The van der Waals surface area contributed by atoms with Gasteiger partial charge in [0.1, 0.15) is 6.61 Å². The third kappa shape index (κ3) is 5.22. The van der Waals surface area contributed by atoms with Gasteiger partial charge in [-0.05, 0) is 46.5 Å². The molecule has 132 valence electrons. The molecule has 0 spiro atoms. The second-order valence-corrected chi connectivity index (χ2v) is 6.82. The number of nitro groups is 1. The molecule has 0 saturated heterocycles. The molecule has 9 heteroatoms. The molecule has 1 N–H and O–H groups in total. The molecule has 0 aromatic heterocycles. The fourth-order valence-corrected chi connectivity index (χ4v) is 2.60. The van der Waals surface area contributed by atoms with Crippen molar-refractivity contribution < 1.29 is 14.5 Å². The molecule has 6 nitrogen and oxygen atoms in total.